The number of carbonyl (C=O) groups is 1. The first-order valence-corrected chi connectivity index (χ1v) is 4.79. The van der Waals surface area contributed by atoms with Crippen molar-refractivity contribution in [2.24, 2.45) is 5.92 Å². The van der Waals surface area contributed by atoms with Crippen molar-refractivity contribution in [2.75, 3.05) is 0 Å². The molecule has 12 heavy (non-hydrogen) atoms. The Balaban J connectivity index is 2.25. The highest BCUT2D eigenvalue weighted by Gasteiger charge is 2.32. The van der Waals surface area contributed by atoms with Crippen LogP contribution in [0, 0.1) is 12.3 Å². The molecule has 0 aliphatic heterocycles. The Hall–Kier alpha value is -0.720. The van der Waals surface area contributed by atoms with Crippen molar-refractivity contribution in [3.05, 3.63) is 17.6 Å². The summed E-state index contributed by atoms with van der Waals surface area (Å²) in [7, 11) is 0. The van der Waals surface area contributed by atoms with Gasteiger partial charge in [-0.1, -0.05) is 5.57 Å². The summed E-state index contributed by atoms with van der Waals surface area (Å²) in [6, 6.07) is 0. The highest BCUT2D eigenvalue weighted by atomic mass is 16.1. The summed E-state index contributed by atoms with van der Waals surface area (Å²) in [5, 5.41) is 0. The number of allylic oxidation sites excluding steroid dienone is 2. The summed E-state index contributed by atoms with van der Waals surface area (Å²) >= 11 is 0. The van der Waals surface area contributed by atoms with Crippen LogP contribution < -0.4 is 0 Å². The first-order chi connectivity index (χ1) is 5.77. The van der Waals surface area contributed by atoms with E-state index in [-0.39, 0.29) is 0 Å². The van der Waals surface area contributed by atoms with Gasteiger partial charge in [0.2, 0.25) is 0 Å². The minimum absolute atomic E-state index is 0.463. The van der Waals surface area contributed by atoms with E-state index in [1.54, 1.807) is 5.57 Å². The molecule has 1 saturated carbocycles. The fraction of sp³-hybridized carbons (Fsp3) is 0.636. The first-order valence-electron chi connectivity index (χ1n) is 4.79. The van der Waals surface area contributed by atoms with Crippen molar-refractivity contribution in [3.63, 3.8) is 0 Å². The third-order valence-electron chi connectivity index (χ3n) is 3.11. The van der Waals surface area contributed by atoms with Crippen LogP contribution in [0.4, 0.5) is 0 Å². The average molecular weight is 163 g/mol. The van der Waals surface area contributed by atoms with E-state index < -0.39 is 0 Å². The van der Waals surface area contributed by atoms with E-state index in [9.17, 15) is 4.79 Å². The molecular weight excluding hydrogens is 148 g/mol. The first kappa shape index (κ1) is 7.90. The highest BCUT2D eigenvalue weighted by Crippen LogP contribution is 2.38. The second-order valence-electron chi connectivity index (χ2n) is 3.97. The molecule has 0 saturated heterocycles. The Morgan fingerprint density at radius 3 is 3.08 bits per heavy atom. The number of rotatable bonds is 0. The van der Waals surface area contributed by atoms with Crippen molar-refractivity contribution in [1.29, 1.82) is 0 Å². The molecule has 0 aromatic rings. The van der Waals surface area contributed by atoms with Gasteiger partial charge in [-0.2, -0.15) is 0 Å². The Bertz CT molecular complexity index is 237. The maximum absolute atomic E-state index is 11.3. The Morgan fingerprint density at radius 1 is 1.42 bits per heavy atom. The monoisotopic (exact) mass is 163 g/mol. The molecule has 0 radical (unpaired) electrons. The SMILES string of the molecule is CC1=C2C[CH+]CC2CC(=O)CC1. The molecule has 0 aromatic carbocycles. The van der Waals surface area contributed by atoms with Gasteiger partial charge in [-0.05, 0) is 18.9 Å². The van der Waals surface area contributed by atoms with Crippen LogP contribution in [0.15, 0.2) is 11.1 Å². The van der Waals surface area contributed by atoms with Crippen LogP contribution in [-0.2, 0) is 4.79 Å². The molecule has 1 unspecified atom stereocenters. The highest BCUT2D eigenvalue weighted by molar-refractivity contribution is 5.80. The van der Waals surface area contributed by atoms with Gasteiger partial charge in [0.05, 0.1) is 12.8 Å². The van der Waals surface area contributed by atoms with E-state index in [0.29, 0.717) is 11.7 Å². The predicted molar refractivity (Wildman–Crippen MR) is 48.6 cm³/mol. The summed E-state index contributed by atoms with van der Waals surface area (Å²) in [5.74, 6) is 1.05. The lowest BCUT2D eigenvalue weighted by Gasteiger charge is -2.04. The molecule has 1 nitrogen and oxygen atoms in total. The molecule has 2 aliphatic carbocycles. The lowest BCUT2D eigenvalue weighted by molar-refractivity contribution is -0.119. The van der Waals surface area contributed by atoms with Gasteiger partial charge >= 0.3 is 0 Å². The van der Waals surface area contributed by atoms with Crippen LogP contribution >= 0.6 is 0 Å². The maximum atomic E-state index is 11.3. The zero-order valence-electron chi connectivity index (χ0n) is 7.60. The van der Waals surface area contributed by atoms with Gasteiger partial charge in [0.15, 0.2) is 0 Å². The van der Waals surface area contributed by atoms with Crippen LogP contribution in [-0.4, -0.2) is 5.78 Å². The number of carbonyl (C=O) groups excluding carboxylic acids is 1. The Labute approximate surface area is 73.8 Å². The number of hydrogen-bond donors (Lipinski definition) is 0. The summed E-state index contributed by atoms with van der Waals surface area (Å²) in [4.78, 5) is 11.3. The maximum Gasteiger partial charge on any atom is 0.133 e. The van der Waals surface area contributed by atoms with E-state index in [1.165, 1.54) is 5.57 Å². The van der Waals surface area contributed by atoms with Gasteiger partial charge < -0.3 is 0 Å². The van der Waals surface area contributed by atoms with Gasteiger partial charge in [0.25, 0.3) is 0 Å². The van der Waals surface area contributed by atoms with E-state index in [1.807, 2.05) is 0 Å². The van der Waals surface area contributed by atoms with Crippen LogP contribution in [0.5, 0.6) is 0 Å². The van der Waals surface area contributed by atoms with Gasteiger partial charge in [-0.15, -0.1) is 0 Å². The molecule has 1 fully saturated rings. The molecular formula is C11H15O+. The third kappa shape index (κ3) is 1.28. The molecule has 0 amide bonds. The van der Waals surface area contributed by atoms with Crippen LogP contribution in [0.25, 0.3) is 0 Å². The van der Waals surface area contributed by atoms with Crippen molar-refractivity contribution < 1.29 is 4.79 Å². The average Bonchev–Trinajstić information content (AvgIpc) is 2.44. The Kier molecular flexibility index (Phi) is 1.95. The third-order valence-corrected chi connectivity index (χ3v) is 3.11. The summed E-state index contributed by atoms with van der Waals surface area (Å²) in [6.45, 7) is 2.19. The lowest BCUT2D eigenvalue weighted by atomic mass is 9.96. The molecule has 2 aliphatic rings. The van der Waals surface area contributed by atoms with E-state index >= 15 is 0 Å². The van der Waals surface area contributed by atoms with Crippen LogP contribution in [0.2, 0.25) is 0 Å². The molecule has 0 N–H and O–H groups in total. The quantitative estimate of drug-likeness (QED) is 0.396. The minimum atomic E-state index is 0.463. The second-order valence-corrected chi connectivity index (χ2v) is 3.97. The number of Topliss-reactive ketones (excluding diaryl/α,β-unsaturated/α-hetero) is 1. The number of fused-ring (bicyclic) bond motifs is 1. The molecule has 0 aromatic heterocycles. The molecule has 1 atom stereocenters. The zero-order chi connectivity index (χ0) is 8.55. The van der Waals surface area contributed by atoms with Crippen molar-refractivity contribution in [3.8, 4) is 0 Å². The number of ketones is 1. The number of hydrogen-bond acceptors (Lipinski definition) is 1. The van der Waals surface area contributed by atoms with E-state index in [4.69, 9.17) is 0 Å². The molecule has 0 bridgehead atoms. The van der Waals surface area contributed by atoms with E-state index in [2.05, 4.69) is 13.3 Å². The van der Waals surface area contributed by atoms with Gasteiger partial charge in [0, 0.05) is 18.8 Å². The van der Waals surface area contributed by atoms with E-state index in [0.717, 1.165) is 32.1 Å². The molecule has 1 heteroatoms. The topological polar surface area (TPSA) is 17.1 Å². The Morgan fingerprint density at radius 2 is 2.25 bits per heavy atom. The van der Waals surface area contributed by atoms with Gasteiger partial charge in [-0.25, -0.2) is 0 Å². The normalized spacial score (nSPS) is 29.8. The molecule has 64 valence electrons. The molecule has 2 rings (SSSR count). The van der Waals surface area contributed by atoms with Crippen molar-refractivity contribution >= 4 is 5.78 Å². The summed E-state index contributed by atoms with van der Waals surface area (Å²) < 4.78 is 0. The standard InChI is InChI=1S/C11H15O/c1-8-5-6-10(12)7-9-3-2-4-11(8)9/h2,9H,3-7H2,1H3/q+1. The predicted octanol–water partition coefficient (Wildman–Crippen LogP) is 2.67. The fourth-order valence-corrected chi connectivity index (χ4v) is 2.34. The molecule has 0 heterocycles. The van der Waals surface area contributed by atoms with Crippen molar-refractivity contribution in [1.82, 2.24) is 0 Å². The van der Waals surface area contributed by atoms with Gasteiger partial charge in [0.1, 0.15) is 12.2 Å². The second kappa shape index (κ2) is 2.96. The van der Waals surface area contributed by atoms with Gasteiger partial charge in [-0.3, -0.25) is 4.79 Å². The summed E-state index contributed by atoms with van der Waals surface area (Å²) in [5.41, 5.74) is 3.06. The lowest BCUT2D eigenvalue weighted by Crippen LogP contribution is -2.03. The summed E-state index contributed by atoms with van der Waals surface area (Å²) in [6.07, 6.45) is 7.21. The smallest absolute Gasteiger partial charge is 0.133 e. The fourth-order valence-electron chi connectivity index (χ4n) is 2.34. The largest absolute Gasteiger partial charge is 0.300 e. The van der Waals surface area contributed by atoms with Crippen molar-refractivity contribution in [2.45, 2.75) is 39.0 Å². The minimum Gasteiger partial charge on any atom is -0.300 e. The molecule has 0 spiro atoms. The van der Waals surface area contributed by atoms with Crippen LogP contribution in [0.1, 0.15) is 39.0 Å². The zero-order valence-corrected chi connectivity index (χ0v) is 7.60. The van der Waals surface area contributed by atoms with Crippen LogP contribution in [0.3, 0.4) is 0 Å².